The van der Waals surface area contributed by atoms with Gasteiger partial charge in [0, 0.05) is 23.3 Å². The lowest BCUT2D eigenvalue weighted by molar-refractivity contribution is -0.142. The summed E-state index contributed by atoms with van der Waals surface area (Å²) in [6.07, 6.45) is 3.89. The lowest BCUT2D eigenvalue weighted by atomic mass is 9.88. The molecule has 4 aliphatic rings. The first-order valence-corrected chi connectivity index (χ1v) is 22.3. The van der Waals surface area contributed by atoms with Gasteiger partial charge in [-0.05, 0) is 119 Å². The van der Waals surface area contributed by atoms with Crippen molar-refractivity contribution in [1.29, 1.82) is 0 Å². The topological polar surface area (TPSA) is 203 Å². The fourth-order valence-electron chi connectivity index (χ4n) is 8.47. The Morgan fingerprint density at radius 1 is 1.08 bits per heavy atom. The van der Waals surface area contributed by atoms with E-state index in [1.165, 1.54) is 24.1 Å². The molecule has 0 unspecified atom stereocenters. The van der Waals surface area contributed by atoms with Crippen molar-refractivity contribution >= 4 is 44.6 Å². The molecule has 1 saturated heterocycles. The van der Waals surface area contributed by atoms with Crippen LogP contribution in [-0.4, -0.2) is 95.5 Å². The maximum atomic E-state index is 15.3. The maximum absolute atomic E-state index is 15.3. The minimum Gasteiger partial charge on any atom is -0.497 e. The van der Waals surface area contributed by atoms with Crippen LogP contribution in [0.3, 0.4) is 0 Å². The Morgan fingerprint density at radius 3 is 2.51 bits per heavy atom. The summed E-state index contributed by atoms with van der Waals surface area (Å²) in [7, 11) is -2.53. The molecule has 328 valence electrons. The Hall–Kier alpha value is -5.45. The van der Waals surface area contributed by atoms with Crippen LogP contribution < -0.4 is 29.6 Å². The number of nitrogens with one attached hydrogen (secondary N) is 3. The van der Waals surface area contributed by atoms with Crippen molar-refractivity contribution in [2.45, 2.75) is 114 Å². The summed E-state index contributed by atoms with van der Waals surface area (Å²) in [5.74, 6) is -2.95. The number of rotatable bonds is 10. The molecule has 15 nitrogen and oxygen atoms in total. The van der Waals surface area contributed by atoms with Crippen molar-refractivity contribution in [3.8, 4) is 28.6 Å². The van der Waals surface area contributed by atoms with Crippen LogP contribution in [0, 0.1) is 23.6 Å². The quantitative estimate of drug-likeness (QED) is 0.182. The van der Waals surface area contributed by atoms with E-state index in [0.29, 0.717) is 59.9 Å². The van der Waals surface area contributed by atoms with Crippen LogP contribution in [0.1, 0.15) is 79.6 Å². The van der Waals surface area contributed by atoms with Crippen LogP contribution in [0.5, 0.6) is 17.4 Å². The molecule has 17 heteroatoms. The molecule has 2 saturated carbocycles. The highest BCUT2D eigenvalue weighted by Crippen LogP contribution is 2.48. The van der Waals surface area contributed by atoms with Crippen LogP contribution in [0.4, 0.5) is 9.18 Å². The Balaban J connectivity index is 1.25. The number of allylic oxidation sites excluding steroid dienone is 1. The van der Waals surface area contributed by atoms with E-state index < -0.39 is 80.0 Å². The van der Waals surface area contributed by atoms with Crippen LogP contribution in [0.15, 0.2) is 54.6 Å². The zero-order chi connectivity index (χ0) is 44.0. The van der Waals surface area contributed by atoms with Gasteiger partial charge in [0.15, 0.2) is 11.6 Å². The molecule has 0 bridgehead atoms. The summed E-state index contributed by atoms with van der Waals surface area (Å²) < 4.78 is 60.6. The zero-order valence-corrected chi connectivity index (χ0v) is 36.0. The van der Waals surface area contributed by atoms with E-state index in [9.17, 15) is 32.7 Å². The van der Waals surface area contributed by atoms with Gasteiger partial charge in [-0.25, -0.2) is 22.6 Å². The molecule has 0 radical (unpaired) electrons. The number of benzene rings is 2. The number of pyridine rings is 1. The van der Waals surface area contributed by atoms with E-state index in [2.05, 4.69) is 15.4 Å². The molecule has 7 atom stereocenters. The minimum absolute atomic E-state index is 0.0789. The fourth-order valence-corrected chi connectivity index (χ4v) is 9.78. The number of amides is 4. The Labute approximate surface area is 354 Å². The highest BCUT2D eigenvalue weighted by molar-refractivity contribution is 7.91. The monoisotopic (exact) mass is 863 g/mol. The summed E-state index contributed by atoms with van der Waals surface area (Å²) in [6.45, 7) is 8.79. The Kier molecular flexibility index (Phi) is 12.0. The van der Waals surface area contributed by atoms with Gasteiger partial charge in [-0.1, -0.05) is 26.0 Å². The lowest BCUT2D eigenvalue weighted by Gasteiger charge is -2.32. The summed E-state index contributed by atoms with van der Waals surface area (Å²) in [4.78, 5) is 61.4. The molecule has 7 rings (SSSR count). The molecule has 2 aromatic carbocycles. The van der Waals surface area contributed by atoms with Gasteiger partial charge in [0.05, 0.1) is 30.2 Å². The highest BCUT2D eigenvalue weighted by Gasteiger charge is 2.63. The number of fused-ring (bicyclic) bond motifs is 3. The summed E-state index contributed by atoms with van der Waals surface area (Å²) in [5.41, 5.74) is -0.818. The maximum Gasteiger partial charge on any atom is 0.405 e. The Bertz CT molecular complexity index is 2370. The second-order valence-electron chi connectivity index (χ2n) is 17.6. The van der Waals surface area contributed by atoms with Gasteiger partial charge in [0.1, 0.15) is 29.5 Å². The number of ether oxygens (including phenoxy) is 3. The van der Waals surface area contributed by atoms with E-state index in [4.69, 9.17) is 19.2 Å². The van der Waals surface area contributed by atoms with E-state index in [-0.39, 0.29) is 43.0 Å². The van der Waals surface area contributed by atoms with Crippen LogP contribution in [0.25, 0.3) is 22.0 Å². The number of aromatic nitrogens is 1. The van der Waals surface area contributed by atoms with Gasteiger partial charge in [0.25, 0.3) is 5.91 Å². The van der Waals surface area contributed by atoms with E-state index in [1.54, 1.807) is 58.0 Å². The number of carbonyl (C=O) groups is 4. The van der Waals surface area contributed by atoms with Crippen molar-refractivity contribution in [1.82, 2.24) is 25.2 Å². The first-order chi connectivity index (χ1) is 28.8. The van der Waals surface area contributed by atoms with Gasteiger partial charge in [-0.2, -0.15) is 0 Å². The average Bonchev–Trinajstić information content (AvgIpc) is 4.08. The number of sulfonamides is 1. The number of carboxylic acid groups (broad SMARTS) is 1. The summed E-state index contributed by atoms with van der Waals surface area (Å²) in [5, 5.41) is 16.4. The first-order valence-electron chi connectivity index (χ1n) is 20.8. The molecule has 0 spiro atoms. The third kappa shape index (κ3) is 9.12. The minimum atomic E-state index is -4.05. The third-order valence-electron chi connectivity index (χ3n) is 12.4. The predicted octanol–water partition coefficient (Wildman–Crippen LogP) is 5.71. The van der Waals surface area contributed by atoms with Gasteiger partial charge >= 0.3 is 6.09 Å². The normalized spacial score (nSPS) is 27.5. The van der Waals surface area contributed by atoms with Crippen molar-refractivity contribution in [2.24, 2.45) is 17.8 Å². The number of methoxy groups -OCH3 is 1. The summed E-state index contributed by atoms with van der Waals surface area (Å²) in [6, 6.07) is 9.04. The van der Waals surface area contributed by atoms with Gasteiger partial charge in [-0.3, -0.25) is 19.1 Å². The fraction of sp³-hybridized carbons (Fsp3) is 0.523. The molecule has 4 N–H and O–H groups in total. The number of hydrogen-bond acceptors (Lipinski definition) is 10. The molecule has 1 aromatic heterocycles. The highest BCUT2D eigenvalue weighted by atomic mass is 32.2. The summed E-state index contributed by atoms with van der Waals surface area (Å²) >= 11 is 0. The van der Waals surface area contributed by atoms with Crippen molar-refractivity contribution in [3.63, 3.8) is 0 Å². The molecule has 2 aliphatic carbocycles. The molecule has 4 amide bonds. The number of nitrogens with zero attached hydrogens (tertiary/aromatic N) is 2. The van der Waals surface area contributed by atoms with E-state index in [0.717, 1.165) is 0 Å². The lowest BCUT2D eigenvalue weighted by Crippen LogP contribution is -2.59. The van der Waals surface area contributed by atoms with Gasteiger partial charge < -0.3 is 34.9 Å². The predicted molar refractivity (Wildman–Crippen MR) is 224 cm³/mol. The van der Waals surface area contributed by atoms with E-state index >= 15 is 4.39 Å². The first kappa shape index (κ1) is 43.6. The van der Waals surface area contributed by atoms with Crippen LogP contribution in [-0.2, 0) is 24.4 Å². The van der Waals surface area contributed by atoms with E-state index in [1.807, 2.05) is 19.1 Å². The number of hydrogen-bond donors (Lipinski definition) is 4. The molecule has 3 fully saturated rings. The molecule has 3 aromatic rings. The zero-order valence-electron chi connectivity index (χ0n) is 35.2. The van der Waals surface area contributed by atoms with Crippen molar-refractivity contribution < 1.29 is 51.3 Å². The standard InChI is InChI=1S/C44H54FN5O10S/c1-24(2)59-36-14-11-27(19-33(36)45)34-20-28-18-30(58-6)12-13-32(28)39(46-34)60-31-21-35-38(51)48-44(41(53)49-61(56,57)43(5)15-16-43)22-29(44)10-8-7-9-25(3)17-26(4)37(47-42(54)55)40(52)50(35)23-31/h8,10-14,18-20,24-26,29,31,35,37,47H,7,9,15-17,21-23H2,1-6H3,(H,48,51)(H,49,53)(H,54,55)/t25-,26+,29+,31+,35-,37-,44+/m0/s1. The molecule has 3 heterocycles. The molecule has 61 heavy (non-hydrogen) atoms. The molecular formula is C44H54FN5O10S. The second-order valence-corrected chi connectivity index (χ2v) is 19.8. The third-order valence-corrected chi connectivity index (χ3v) is 14.6. The Morgan fingerprint density at radius 2 is 1.84 bits per heavy atom. The van der Waals surface area contributed by atoms with Gasteiger partial charge in [0.2, 0.25) is 27.7 Å². The molecular weight excluding hydrogens is 810 g/mol. The number of carbonyl (C=O) groups excluding carboxylic acids is 3. The molecule has 2 aliphatic heterocycles. The van der Waals surface area contributed by atoms with Crippen LogP contribution >= 0.6 is 0 Å². The average molecular weight is 864 g/mol. The van der Waals surface area contributed by atoms with Crippen LogP contribution in [0.2, 0.25) is 0 Å². The smallest absolute Gasteiger partial charge is 0.405 e. The van der Waals surface area contributed by atoms with Crippen molar-refractivity contribution in [3.05, 3.63) is 60.4 Å². The SMILES string of the molecule is COc1ccc2c(O[C@@H]3C[C@H]4C(=O)N[C@]5(C(=O)NS(=O)(=O)C6(C)CC6)C[C@H]5C=CCC[C@H](C)C[C@@H](C)[C@H](NC(=O)O)C(=O)N4C3)nc(-c3ccc(OC(C)C)c(F)c3)cc2c1. The second kappa shape index (κ2) is 16.8. The van der Waals surface area contributed by atoms with Crippen molar-refractivity contribution in [2.75, 3.05) is 13.7 Å². The van der Waals surface area contributed by atoms with Gasteiger partial charge in [-0.15, -0.1) is 0 Å². The largest absolute Gasteiger partial charge is 0.497 e. The number of halogens is 1.